The molecule has 204 valence electrons. The molecule has 3 atom stereocenters. The van der Waals surface area contributed by atoms with Gasteiger partial charge >= 0.3 is 6.09 Å². The Kier molecular flexibility index (Phi) is 8.59. The Labute approximate surface area is 218 Å². The fourth-order valence-corrected chi connectivity index (χ4v) is 5.30. The molecule has 5 rings (SSSR count). The maximum atomic E-state index is 13.3. The molecule has 3 amide bonds. The number of fused-ring (bicyclic) bond motifs is 2. The Morgan fingerprint density at radius 3 is 2.51 bits per heavy atom. The van der Waals surface area contributed by atoms with Crippen molar-refractivity contribution in [3.63, 3.8) is 0 Å². The van der Waals surface area contributed by atoms with Crippen LogP contribution >= 0.6 is 0 Å². The summed E-state index contributed by atoms with van der Waals surface area (Å²) in [6, 6.07) is 7.07. The van der Waals surface area contributed by atoms with E-state index in [4.69, 9.17) is 19.9 Å². The first-order valence-electron chi connectivity index (χ1n) is 13.3. The van der Waals surface area contributed by atoms with Gasteiger partial charge in [0.2, 0.25) is 11.8 Å². The molecule has 3 fully saturated rings. The number of carbonyl (C=O) groups is 3. The Hall–Kier alpha value is -2.85. The number of alkyl carbamates (subject to hydrolysis) is 1. The number of nitrogens with one attached hydrogen (secondary N) is 1. The van der Waals surface area contributed by atoms with Crippen LogP contribution < -0.4 is 15.8 Å². The number of hydrogen-bond donors (Lipinski definition) is 2. The molecule has 1 aromatic carbocycles. The van der Waals surface area contributed by atoms with Crippen LogP contribution in [0.4, 0.5) is 4.79 Å². The van der Waals surface area contributed by atoms with E-state index in [9.17, 15) is 14.4 Å². The number of aryl methyl sites for hydroxylation is 1. The Morgan fingerprint density at radius 2 is 1.86 bits per heavy atom. The minimum atomic E-state index is -0.789. The third-order valence-corrected chi connectivity index (χ3v) is 7.20. The van der Waals surface area contributed by atoms with Crippen LogP contribution in [0, 0.1) is 0 Å². The maximum Gasteiger partial charge on any atom is 0.408 e. The van der Waals surface area contributed by atoms with Crippen molar-refractivity contribution < 1.29 is 28.6 Å². The molecule has 4 aliphatic rings. The topological polar surface area (TPSA) is 123 Å². The van der Waals surface area contributed by atoms with Gasteiger partial charge < -0.3 is 30.2 Å². The van der Waals surface area contributed by atoms with Crippen LogP contribution in [0.3, 0.4) is 0 Å². The Morgan fingerprint density at radius 1 is 1.11 bits per heavy atom. The van der Waals surface area contributed by atoms with Gasteiger partial charge in [-0.25, -0.2) is 4.79 Å². The number of benzene rings is 1. The average Bonchev–Trinajstić information content (AvgIpc) is 3.23. The summed E-state index contributed by atoms with van der Waals surface area (Å²) in [6.07, 6.45) is 3.79. The number of nitrogens with zero attached hydrogens (tertiary/aromatic N) is 2. The predicted molar refractivity (Wildman–Crippen MR) is 137 cm³/mol. The number of hydrogen-bond acceptors (Lipinski definition) is 7. The highest BCUT2D eigenvalue weighted by Crippen LogP contribution is 2.30. The molecule has 3 N–H and O–H groups in total. The quantitative estimate of drug-likeness (QED) is 0.628. The van der Waals surface area contributed by atoms with E-state index in [1.165, 1.54) is 12.0 Å². The van der Waals surface area contributed by atoms with Crippen LogP contribution in [0.15, 0.2) is 24.3 Å². The zero-order valence-electron chi connectivity index (χ0n) is 22.1. The lowest BCUT2D eigenvalue weighted by molar-refractivity contribution is -0.144. The van der Waals surface area contributed by atoms with Crippen LogP contribution in [0.1, 0.15) is 52.0 Å². The number of amides is 3. The van der Waals surface area contributed by atoms with Crippen molar-refractivity contribution in [1.82, 2.24) is 15.1 Å². The van der Waals surface area contributed by atoms with E-state index in [0.29, 0.717) is 26.2 Å². The minimum absolute atomic E-state index is 0.0401. The molecule has 3 unspecified atom stereocenters. The molecule has 0 saturated carbocycles. The van der Waals surface area contributed by atoms with E-state index in [-0.39, 0.29) is 18.0 Å². The normalized spacial score (nSPS) is 26.2. The lowest BCUT2D eigenvalue weighted by Crippen LogP contribution is -2.63. The molecule has 37 heavy (non-hydrogen) atoms. The average molecular weight is 517 g/mol. The smallest absolute Gasteiger partial charge is 0.408 e. The zero-order valence-corrected chi connectivity index (χ0v) is 22.1. The molecular formula is C27H40N4O6. The summed E-state index contributed by atoms with van der Waals surface area (Å²) in [7, 11) is 0. The highest BCUT2D eigenvalue weighted by Gasteiger charge is 2.45. The molecule has 1 aromatic rings. The molecular weight excluding hydrogens is 476 g/mol. The lowest BCUT2D eigenvalue weighted by Gasteiger charge is -2.43. The second-order valence-corrected chi connectivity index (χ2v) is 11.1. The fraction of sp³-hybridized carbons (Fsp3) is 0.667. The molecule has 4 aliphatic heterocycles. The number of primary amides is 1. The SMILES string of the molecule is CC(C)(C)OC(=O)NC1CN(C2COC2)CCC2CCC(C(N)=O)N2C1=O.c1ccc2c(c1)CCCO2. The lowest BCUT2D eigenvalue weighted by atomic mass is 10.0. The van der Waals surface area contributed by atoms with Gasteiger partial charge in [-0.15, -0.1) is 0 Å². The van der Waals surface area contributed by atoms with Gasteiger partial charge in [0.15, 0.2) is 0 Å². The summed E-state index contributed by atoms with van der Waals surface area (Å²) in [5.74, 6) is 0.317. The first kappa shape index (κ1) is 27.2. The first-order valence-corrected chi connectivity index (χ1v) is 13.3. The summed E-state index contributed by atoms with van der Waals surface area (Å²) in [4.78, 5) is 41.2. The van der Waals surface area contributed by atoms with Crippen LogP contribution in [0.2, 0.25) is 0 Å². The number of rotatable bonds is 3. The van der Waals surface area contributed by atoms with Crippen molar-refractivity contribution in [2.24, 2.45) is 5.73 Å². The largest absolute Gasteiger partial charge is 0.493 e. The van der Waals surface area contributed by atoms with Crippen molar-refractivity contribution in [3.8, 4) is 5.75 Å². The van der Waals surface area contributed by atoms with Crippen molar-refractivity contribution in [2.75, 3.05) is 32.9 Å². The van der Waals surface area contributed by atoms with E-state index in [1.54, 1.807) is 25.7 Å². The molecule has 0 aromatic heterocycles. The van der Waals surface area contributed by atoms with E-state index in [0.717, 1.165) is 38.2 Å². The summed E-state index contributed by atoms with van der Waals surface area (Å²) >= 11 is 0. The highest BCUT2D eigenvalue weighted by atomic mass is 16.6. The monoisotopic (exact) mass is 516 g/mol. The second kappa shape index (κ2) is 11.7. The molecule has 0 bridgehead atoms. The number of carbonyl (C=O) groups excluding carboxylic acids is 3. The van der Waals surface area contributed by atoms with Gasteiger partial charge in [-0.05, 0) is 64.5 Å². The van der Waals surface area contributed by atoms with Crippen molar-refractivity contribution in [3.05, 3.63) is 29.8 Å². The van der Waals surface area contributed by atoms with E-state index >= 15 is 0 Å². The molecule has 4 heterocycles. The van der Waals surface area contributed by atoms with Crippen molar-refractivity contribution >= 4 is 17.9 Å². The van der Waals surface area contributed by atoms with Crippen molar-refractivity contribution in [2.45, 2.75) is 82.6 Å². The summed E-state index contributed by atoms with van der Waals surface area (Å²) < 4.78 is 16.0. The molecule has 3 saturated heterocycles. The van der Waals surface area contributed by atoms with Crippen molar-refractivity contribution in [1.29, 1.82) is 0 Å². The second-order valence-electron chi connectivity index (χ2n) is 11.1. The van der Waals surface area contributed by atoms with Gasteiger partial charge in [-0.2, -0.15) is 0 Å². The molecule has 10 heteroatoms. The third kappa shape index (κ3) is 6.93. The zero-order chi connectivity index (χ0) is 26.6. The van der Waals surface area contributed by atoms with Gasteiger partial charge in [0.1, 0.15) is 23.4 Å². The summed E-state index contributed by atoms with van der Waals surface area (Å²) in [5, 5.41) is 2.71. The molecule has 0 radical (unpaired) electrons. The number of para-hydroxylation sites is 1. The fourth-order valence-electron chi connectivity index (χ4n) is 5.30. The summed E-state index contributed by atoms with van der Waals surface area (Å²) in [5.41, 5.74) is 6.21. The summed E-state index contributed by atoms with van der Waals surface area (Å²) in [6.45, 7) is 8.59. The Balaban J connectivity index is 0.000000265. The van der Waals surface area contributed by atoms with E-state index in [1.807, 2.05) is 12.1 Å². The van der Waals surface area contributed by atoms with Gasteiger partial charge in [-0.1, -0.05) is 18.2 Å². The van der Waals surface area contributed by atoms with Gasteiger partial charge in [0.25, 0.3) is 0 Å². The van der Waals surface area contributed by atoms with Gasteiger partial charge in [-0.3, -0.25) is 14.5 Å². The minimum Gasteiger partial charge on any atom is -0.493 e. The van der Waals surface area contributed by atoms with E-state index < -0.39 is 29.7 Å². The van der Waals surface area contributed by atoms with E-state index in [2.05, 4.69) is 22.3 Å². The number of nitrogens with two attached hydrogens (primary N) is 1. The predicted octanol–water partition coefficient (Wildman–Crippen LogP) is 1.84. The highest BCUT2D eigenvalue weighted by molar-refractivity contribution is 5.91. The molecule has 10 nitrogen and oxygen atoms in total. The maximum absolute atomic E-state index is 13.3. The van der Waals surface area contributed by atoms with Crippen LogP contribution in [0.5, 0.6) is 5.75 Å². The number of ether oxygens (including phenoxy) is 3. The standard InChI is InChI=1S/C18H30N4O5.C9H10O/c1-18(2,3)27-17(25)20-13-8-21(12-9-26-10-12)7-6-11-4-5-14(15(19)23)22(11)16(13)24;1-2-6-9-8(4-1)5-3-7-10-9/h11-14H,4-10H2,1-3H3,(H2,19,23)(H,20,25);1-2,4,6H,3,5,7H2. The molecule has 0 aliphatic carbocycles. The van der Waals surface area contributed by atoms with Crippen LogP contribution in [0.25, 0.3) is 0 Å². The first-order chi connectivity index (χ1) is 17.6. The van der Waals surface area contributed by atoms with Gasteiger partial charge in [0, 0.05) is 19.1 Å². The van der Waals surface area contributed by atoms with Crippen LogP contribution in [-0.2, 0) is 25.5 Å². The third-order valence-electron chi connectivity index (χ3n) is 7.20. The van der Waals surface area contributed by atoms with Gasteiger partial charge in [0.05, 0.1) is 25.9 Å². The Bertz CT molecular complexity index is 951. The van der Waals surface area contributed by atoms with Crippen LogP contribution in [-0.4, -0.2) is 90.4 Å². The molecule has 0 spiro atoms.